The molecule has 1 N–H and O–H groups in total. The molecule has 0 atom stereocenters. The summed E-state index contributed by atoms with van der Waals surface area (Å²) >= 11 is 0. The number of aryl methyl sites for hydroxylation is 1. The fourth-order valence-corrected chi connectivity index (χ4v) is 2.28. The second kappa shape index (κ2) is 7.76. The molecule has 0 bridgehead atoms. The highest BCUT2D eigenvalue weighted by atomic mass is 16.1. The molecule has 3 heteroatoms. The molecular weight excluding hydrogens is 272 g/mol. The van der Waals surface area contributed by atoms with Gasteiger partial charge in [-0.3, -0.25) is 4.79 Å². The van der Waals surface area contributed by atoms with Crippen molar-refractivity contribution in [3.63, 3.8) is 0 Å². The zero-order chi connectivity index (χ0) is 15.9. The highest BCUT2D eigenvalue weighted by Gasteiger charge is 2.03. The maximum Gasteiger partial charge on any atom is 0.224 e. The van der Waals surface area contributed by atoms with Gasteiger partial charge >= 0.3 is 0 Å². The molecule has 0 aliphatic rings. The van der Waals surface area contributed by atoms with Gasteiger partial charge in [0.15, 0.2) is 0 Å². The van der Waals surface area contributed by atoms with Gasteiger partial charge in [-0.05, 0) is 37.7 Å². The Hall–Kier alpha value is -2.13. The molecule has 2 rings (SSSR count). The van der Waals surface area contributed by atoms with Crippen molar-refractivity contribution in [1.82, 2.24) is 10.2 Å². The fourth-order valence-electron chi connectivity index (χ4n) is 2.28. The molecule has 0 fully saturated rings. The van der Waals surface area contributed by atoms with Crippen molar-refractivity contribution in [2.75, 3.05) is 14.1 Å². The Morgan fingerprint density at radius 3 is 2.05 bits per heavy atom. The number of carbonyl (C=O) groups is 1. The van der Waals surface area contributed by atoms with E-state index in [-0.39, 0.29) is 5.91 Å². The lowest BCUT2D eigenvalue weighted by molar-refractivity contribution is -0.120. The first-order valence-corrected chi connectivity index (χ1v) is 7.58. The number of rotatable bonds is 6. The van der Waals surface area contributed by atoms with Crippen molar-refractivity contribution in [1.29, 1.82) is 0 Å². The Labute approximate surface area is 133 Å². The van der Waals surface area contributed by atoms with Crippen LogP contribution in [0, 0.1) is 6.92 Å². The van der Waals surface area contributed by atoms with Crippen molar-refractivity contribution >= 4 is 5.91 Å². The number of hydrogen-bond acceptors (Lipinski definition) is 2. The molecule has 0 saturated heterocycles. The van der Waals surface area contributed by atoms with Gasteiger partial charge in [-0.2, -0.15) is 0 Å². The molecule has 0 spiro atoms. The fraction of sp³-hybridized carbons (Fsp3) is 0.316. The van der Waals surface area contributed by atoms with E-state index >= 15 is 0 Å². The molecular formula is C19H24N2O. The average molecular weight is 296 g/mol. The largest absolute Gasteiger partial charge is 0.352 e. The van der Waals surface area contributed by atoms with E-state index in [4.69, 9.17) is 0 Å². The minimum Gasteiger partial charge on any atom is -0.352 e. The summed E-state index contributed by atoms with van der Waals surface area (Å²) in [4.78, 5) is 14.1. The molecule has 0 saturated carbocycles. The first kappa shape index (κ1) is 16.2. The molecule has 2 aromatic rings. The van der Waals surface area contributed by atoms with Crippen LogP contribution in [0.3, 0.4) is 0 Å². The second-order valence-corrected chi connectivity index (χ2v) is 5.99. The maximum absolute atomic E-state index is 12.0. The monoisotopic (exact) mass is 296 g/mol. The van der Waals surface area contributed by atoms with Gasteiger partial charge in [0.1, 0.15) is 0 Å². The Kier molecular flexibility index (Phi) is 5.73. The van der Waals surface area contributed by atoms with Gasteiger partial charge in [-0.1, -0.05) is 54.1 Å². The molecule has 0 aromatic heterocycles. The Morgan fingerprint density at radius 2 is 1.45 bits per heavy atom. The van der Waals surface area contributed by atoms with Crippen LogP contribution in [0.1, 0.15) is 22.3 Å². The van der Waals surface area contributed by atoms with Crippen LogP contribution in [0.4, 0.5) is 0 Å². The van der Waals surface area contributed by atoms with Gasteiger partial charge in [0.05, 0.1) is 6.42 Å². The van der Waals surface area contributed by atoms with E-state index in [1.54, 1.807) is 0 Å². The third-order valence-corrected chi connectivity index (χ3v) is 3.50. The van der Waals surface area contributed by atoms with Crippen molar-refractivity contribution in [3.8, 4) is 0 Å². The predicted molar refractivity (Wildman–Crippen MR) is 90.6 cm³/mol. The first-order chi connectivity index (χ1) is 10.5. The minimum atomic E-state index is 0.0567. The van der Waals surface area contributed by atoms with E-state index < -0.39 is 0 Å². The summed E-state index contributed by atoms with van der Waals surface area (Å²) in [5, 5.41) is 2.97. The normalized spacial score (nSPS) is 10.7. The van der Waals surface area contributed by atoms with Crippen LogP contribution in [0.25, 0.3) is 0 Å². The van der Waals surface area contributed by atoms with Crippen molar-refractivity contribution in [2.24, 2.45) is 0 Å². The van der Waals surface area contributed by atoms with E-state index in [1.807, 2.05) is 31.2 Å². The molecule has 3 nitrogen and oxygen atoms in total. The lowest BCUT2D eigenvalue weighted by atomic mass is 10.1. The quantitative estimate of drug-likeness (QED) is 0.889. The Morgan fingerprint density at radius 1 is 0.909 bits per heavy atom. The first-order valence-electron chi connectivity index (χ1n) is 7.58. The molecule has 2 aromatic carbocycles. The van der Waals surface area contributed by atoms with Crippen molar-refractivity contribution in [3.05, 3.63) is 70.8 Å². The van der Waals surface area contributed by atoms with Gasteiger partial charge < -0.3 is 10.2 Å². The summed E-state index contributed by atoms with van der Waals surface area (Å²) in [6.45, 7) is 3.55. The molecule has 22 heavy (non-hydrogen) atoms. The summed E-state index contributed by atoms with van der Waals surface area (Å²) in [6.07, 6.45) is 0.430. The van der Waals surface area contributed by atoms with Gasteiger partial charge in [0.25, 0.3) is 0 Å². The molecule has 0 aliphatic carbocycles. The van der Waals surface area contributed by atoms with Crippen LogP contribution in [0.15, 0.2) is 48.5 Å². The predicted octanol–water partition coefficient (Wildman–Crippen LogP) is 2.92. The summed E-state index contributed by atoms with van der Waals surface area (Å²) in [5.74, 6) is 0.0567. The van der Waals surface area contributed by atoms with Crippen LogP contribution in [-0.2, 0) is 24.3 Å². The van der Waals surface area contributed by atoms with E-state index in [0.29, 0.717) is 13.0 Å². The zero-order valence-electron chi connectivity index (χ0n) is 13.6. The summed E-state index contributed by atoms with van der Waals surface area (Å²) in [5.41, 5.74) is 4.66. The highest BCUT2D eigenvalue weighted by molar-refractivity contribution is 5.78. The van der Waals surface area contributed by atoms with Crippen LogP contribution < -0.4 is 5.32 Å². The standard InChI is InChI=1S/C19H24N2O/c1-15-4-6-16(7-5-15)12-19(22)20-13-17-8-10-18(11-9-17)14-21(2)3/h4-11H,12-14H2,1-3H3,(H,20,22). The van der Waals surface area contributed by atoms with Gasteiger partial charge in [-0.25, -0.2) is 0 Å². The molecule has 116 valence electrons. The smallest absolute Gasteiger partial charge is 0.224 e. The second-order valence-electron chi connectivity index (χ2n) is 5.99. The topological polar surface area (TPSA) is 32.3 Å². The van der Waals surface area contributed by atoms with E-state index in [1.165, 1.54) is 11.1 Å². The van der Waals surface area contributed by atoms with Crippen molar-refractivity contribution < 1.29 is 4.79 Å². The summed E-state index contributed by atoms with van der Waals surface area (Å²) in [7, 11) is 4.11. The lowest BCUT2D eigenvalue weighted by Gasteiger charge is -2.10. The molecule has 0 heterocycles. The SMILES string of the molecule is Cc1ccc(CC(=O)NCc2ccc(CN(C)C)cc2)cc1. The number of carbonyl (C=O) groups excluding carboxylic acids is 1. The average Bonchev–Trinajstić information content (AvgIpc) is 2.48. The van der Waals surface area contributed by atoms with Crippen LogP contribution in [0.5, 0.6) is 0 Å². The summed E-state index contributed by atoms with van der Waals surface area (Å²) < 4.78 is 0. The van der Waals surface area contributed by atoms with Gasteiger partial charge in [0, 0.05) is 13.1 Å². The van der Waals surface area contributed by atoms with Crippen LogP contribution >= 0.6 is 0 Å². The number of nitrogens with one attached hydrogen (secondary N) is 1. The lowest BCUT2D eigenvalue weighted by Crippen LogP contribution is -2.24. The van der Waals surface area contributed by atoms with E-state index in [2.05, 4.69) is 48.6 Å². The van der Waals surface area contributed by atoms with Crippen molar-refractivity contribution in [2.45, 2.75) is 26.4 Å². The molecule has 0 unspecified atom stereocenters. The zero-order valence-corrected chi connectivity index (χ0v) is 13.6. The third-order valence-electron chi connectivity index (χ3n) is 3.50. The number of amides is 1. The maximum atomic E-state index is 12.0. The van der Waals surface area contributed by atoms with E-state index in [9.17, 15) is 4.79 Å². The van der Waals surface area contributed by atoms with Crippen LogP contribution in [-0.4, -0.2) is 24.9 Å². The Bertz CT molecular complexity index is 600. The van der Waals surface area contributed by atoms with Gasteiger partial charge in [-0.15, -0.1) is 0 Å². The number of benzene rings is 2. The molecule has 0 aliphatic heterocycles. The number of nitrogens with zero attached hydrogens (tertiary/aromatic N) is 1. The molecule has 0 radical (unpaired) electrons. The van der Waals surface area contributed by atoms with Gasteiger partial charge in [0.2, 0.25) is 5.91 Å². The van der Waals surface area contributed by atoms with Crippen LogP contribution in [0.2, 0.25) is 0 Å². The number of hydrogen-bond donors (Lipinski definition) is 1. The Balaban J connectivity index is 1.81. The third kappa shape index (κ3) is 5.34. The summed E-state index contributed by atoms with van der Waals surface area (Å²) in [6, 6.07) is 16.5. The minimum absolute atomic E-state index is 0.0567. The van der Waals surface area contributed by atoms with E-state index in [0.717, 1.165) is 17.7 Å². The molecule has 1 amide bonds. The highest BCUT2D eigenvalue weighted by Crippen LogP contribution is 2.07.